The molecule has 1 heterocycles. The molecule has 1 aliphatic heterocycles. The second-order valence-corrected chi connectivity index (χ2v) is 9.25. The predicted molar refractivity (Wildman–Crippen MR) is 128 cm³/mol. The van der Waals surface area contributed by atoms with Crippen LogP contribution in [0.3, 0.4) is 0 Å². The molecule has 0 aromatic heterocycles. The number of hydrogen-bond acceptors (Lipinski definition) is 5. The maximum absolute atomic E-state index is 13.4. The number of carbonyl (C=O) groups is 1. The van der Waals surface area contributed by atoms with E-state index in [0.717, 1.165) is 56.5 Å². The van der Waals surface area contributed by atoms with Crippen LogP contribution in [-0.4, -0.2) is 59.5 Å². The number of amides is 1. The Morgan fingerprint density at radius 1 is 1.03 bits per heavy atom. The van der Waals surface area contributed by atoms with E-state index in [1.54, 1.807) is 0 Å². The number of hydrogen-bond donors (Lipinski definition) is 3. The number of halogens is 2. The van der Waals surface area contributed by atoms with Gasteiger partial charge in [-0.3, -0.25) is 14.9 Å². The van der Waals surface area contributed by atoms with Crippen LogP contribution in [0.2, 0.25) is 0 Å². The summed E-state index contributed by atoms with van der Waals surface area (Å²) in [5.41, 5.74) is 0.638. The number of alkyl halides is 2. The molecule has 0 aliphatic carbocycles. The van der Waals surface area contributed by atoms with Gasteiger partial charge < -0.3 is 9.84 Å². The molecule has 0 radical (unpaired) electrons. The van der Waals surface area contributed by atoms with Crippen LogP contribution in [0.4, 0.5) is 8.78 Å². The van der Waals surface area contributed by atoms with Gasteiger partial charge in [-0.05, 0) is 62.1 Å². The number of nitrogens with zero attached hydrogens (tertiary/aromatic N) is 1. The van der Waals surface area contributed by atoms with Crippen molar-refractivity contribution >= 4 is 5.91 Å². The quantitative estimate of drug-likeness (QED) is 0.303. The number of hydroxylamine groups is 1. The second-order valence-electron chi connectivity index (χ2n) is 9.25. The molecule has 0 spiro atoms. The van der Waals surface area contributed by atoms with Gasteiger partial charge in [0.05, 0.1) is 18.6 Å². The molecular weight excluding hydrogens is 454 g/mol. The highest BCUT2D eigenvalue weighted by Crippen LogP contribution is 2.40. The normalized spacial score (nSPS) is 17.7. The zero-order chi connectivity index (χ0) is 25.5. The maximum atomic E-state index is 13.4. The number of nitrogens with one attached hydrogen (secondary N) is 1. The van der Waals surface area contributed by atoms with Crippen molar-refractivity contribution in [1.82, 2.24) is 10.4 Å². The summed E-state index contributed by atoms with van der Waals surface area (Å²) in [6.45, 7) is 6.45. The molecule has 2 aromatic rings. The highest BCUT2D eigenvalue weighted by Gasteiger charge is 2.54. The van der Waals surface area contributed by atoms with Crippen LogP contribution < -0.4 is 5.48 Å². The fraction of sp³-hybridized carbons (Fsp3) is 0.444. The van der Waals surface area contributed by atoms with Gasteiger partial charge in [0.25, 0.3) is 12.3 Å². The van der Waals surface area contributed by atoms with Crippen molar-refractivity contribution in [3.05, 3.63) is 70.8 Å². The van der Waals surface area contributed by atoms with Gasteiger partial charge in [-0.25, -0.2) is 14.3 Å². The molecule has 35 heavy (non-hydrogen) atoms. The summed E-state index contributed by atoms with van der Waals surface area (Å²) in [4.78, 5) is 14.5. The molecule has 1 fully saturated rings. The van der Waals surface area contributed by atoms with Crippen LogP contribution in [0.15, 0.2) is 48.5 Å². The van der Waals surface area contributed by atoms with Gasteiger partial charge in [0.2, 0.25) is 0 Å². The first-order valence-corrected chi connectivity index (χ1v) is 11.6. The monoisotopic (exact) mass is 486 g/mol. The first kappa shape index (κ1) is 26.8. The lowest BCUT2D eigenvalue weighted by Gasteiger charge is -2.40. The van der Waals surface area contributed by atoms with Crippen molar-refractivity contribution in [1.29, 1.82) is 0 Å². The fourth-order valence-corrected chi connectivity index (χ4v) is 3.97. The number of ether oxygens (including phenoxy) is 1. The zero-order valence-corrected chi connectivity index (χ0v) is 20.1. The van der Waals surface area contributed by atoms with Crippen LogP contribution in [0.25, 0.3) is 0 Å². The van der Waals surface area contributed by atoms with Crippen LogP contribution in [0, 0.1) is 17.3 Å². The van der Waals surface area contributed by atoms with Crippen LogP contribution in [-0.2, 0) is 22.5 Å². The molecular formula is C27H32F2N2O4. The number of carbonyl (C=O) groups excluding carboxylic acids is 1. The fourth-order valence-electron chi connectivity index (χ4n) is 3.97. The molecule has 1 amide bonds. The molecule has 3 rings (SSSR count). The minimum atomic E-state index is -3.16. The Morgan fingerprint density at radius 2 is 1.54 bits per heavy atom. The Labute approximate surface area is 204 Å². The van der Waals surface area contributed by atoms with Gasteiger partial charge in [-0.1, -0.05) is 36.1 Å². The van der Waals surface area contributed by atoms with E-state index in [-0.39, 0.29) is 12.8 Å². The molecule has 1 aliphatic rings. The van der Waals surface area contributed by atoms with E-state index in [0.29, 0.717) is 0 Å². The first-order chi connectivity index (χ1) is 16.7. The second kappa shape index (κ2) is 11.7. The van der Waals surface area contributed by atoms with Crippen molar-refractivity contribution in [3.8, 4) is 11.8 Å². The first-order valence-electron chi connectivity index (χ1n) is 11.6. The van der Waals surface area contributed by atoms with E-state index >= 15 is 0 Å². The van der Waals surface area contributed by atoms with Gasteiger partial charge in [0.1, 0.15) is 5.60 Å². The van der Waals surface area contributed by atoms with Crippen molar-refractivity contribution in [2.24, 2.45) is 5.41 Å². The molecule has 188 valence electrons. The van der Waals surface area contributed by atoms with E-state index in [1.807, 2.05) is 36.4 Å². The van der Waals surface area contributed by atoms with Gasteiger partial charge >= 0.3 is 0 Å². The summed E-state index contributed by atoms with van der Waals surface area (Å²) in [5.74, 6) is 5.20. The average molecular weight is 487 g/mol. The third-order valence-corrected chi connectivity index (χ3v) is 6.83. The van der Waals surface area contributed by atoms with Crippen molar-refractivity contribution in [3.63, 3.8) is 0 Å². The summed E-state index contributed by atoms with van der Waals surface area (Å²) in [5, 5.41) is 19.3. The maximum Gasteiger partial charge on any atom is 0.267 e. The van der Waals surface area contributed by atoms with Crippen LogP contribution >= 0.6 is 0 Å². The lowest BCUT2D eigenvalue weighted by Crippen LogP contribution is -2.57. The third-order valence-electron chi connectivity index (χ3n) is 6.83. The predicted octanol–water partition coefficient (Wildman–Crippen LogP) is 3.38. The molecule has 3 N–H and O–H groups in total. The van der Waals surface area contributed by atoms with E-state index in [4.69, 9.17) is 9.94 Å². The Kier molecular flexibility index (Phi) is 8.98. The largest absolute Gasteiger partial charge is 0.383 e. The SMILES string of the molecule is CC(CCc1ccc(C#Cc2ccc(CN3CCOCC3)cc2)cc1)(C(=O)NO)[C@](C)(O)C(F)F. The summed E-state index contributed by atoms with van der Waals surface area (Å²) >= 11 is 0. The topological polar surface area (TPSA) is 82.0 Å². The number of morpholine rings is 1. The molecule has 2 aromatic carbocycles. The molecule has 6 nitrogen and oxygen atoms in total. The average Bonchev–Trinajstić information content (AvgIpc) is 2.87. The standard InChI is InChI=1S/C27H32F2N2O4/c1-26(25(32)30-34,27(2,33)24(28)29)14-13-22-7-5-20(6-8-22)3-4-21-9-11-23(12-10-21)19-31-15-17-35-18-16-31/h5-12,24,33-34H,13-19H2,1-2H3,(H,30,32)/t26?,27-/m1/s1. The van der Waals surface area contributed by atoms with E-state index in [1.165, 1.54) is 18.0 Å². The summed E-state index contributed by atoms with van der Waals surface area (Å²) < 4.78 is 32.2. The number of aryl methyl sites for hydroxylation is 1. The van der Waals surface area contributed by atoms with Gasteiger partial charge in [0.15, 0.2) is 0 Å². The minimum absolute atomic E-state index is 0.0848. The molecule has 2 atom stereocenters. The van der Waals surface area contributed by atoms with Crippen molar-refractivity contribution < 1.29 is 28.6 Å². The highest BCUT2D eigenvalue weighted by atomic mass is 19.3. The lowest BCUT2D eigenvalue weighted by atomic mass is 9.70. The van der Waals surface area contributed by atoms with Crippen LogP contribution in [0.1, 0.15) is 42.5 Å². The summed E-state index contributed by atoms with van der Waals surface area (Å²) in [6, 6.07) is 15.4. The lowest BCUT2D eigenvalue weighted by molar-refractivity contribution is -0.183. The van der Waals surface area contributed by atoms with E-state index in [9.17, 15) is 18.7 Å². The van der Waals surface area contributed by atoms with Gasteiger partial charge in [0, 0.05) is 30.8 Å². The van der Waals surface area contributed by atoms with Gasteiger partial charge in [-0.15, -0.1) is 0 Å². The molecule has 1 unspecified atom stereocenters. The Bertz CT molecular complexity index is 1040. The minimum Gasteiger partial charge on any atom is -0.383 e. The van der Waals surface area contributed by atoms with E-state index in [2.05, 4.69) is 28.9 Å². The molecule has 0 saturated carbocycles. The number of rotatable bonds is 8. The molecule has 8 heteroatoms. The Balaban J connectivity index is 1.61. The third kappa shape index (κ3) is 6.65. The van der Waals surface area contributed by atoms with Crippen molar-refractivity contribution in [2.45, 2.75) is 45.3 Å². The zero-order valence-electron chi connectivity index (χ0n) is 20.1. The number of benzene rings is 2. The van der Waals surface area contributed by atoms with Crippen molar-refractivity contribution in [2.75, 3.05) is 26.3 Å². The Hall–Kier alpha value is -2.83. The smallest absolute Gasteiger partial charge is 0.267 e. The highest BCUT2D eigenvalue weighted by molar-refractivity contribution is 5.82. The molecule has 0 bridgehead atoms. The van der Waals surface area contributed by atoms with Gasteiger partial charge in [-0.2, -0.15) is 0 Å². The van der Waals surface area contributed by atoms with Crippen LogP contribution in [0.5, 0.6) is 0 Å². The van der Waals surface area contributed by atoms with E-state index < -0.39 is 23.3 Å². The number of aliphatic hydroxyl groups is 1. The Morgan fingerprint density at radius 3 is 2.03 bits per heavy atom. The summed E-state index contributed by atoms with van der Waals surface area (Å²) in [6.07, 6.45) is -2.99. The summed E-state index contributed by atoms with van der Waals surface area (Å²) in [7, 11) is 0. The molecule has 1 saturated heterocycles.